The number of rotatable bonds is 10. The Kier molecular flexibility index (Phi) is 9.60. The van der Waals surface area contributed by atoms with Gasteiger partial charge in [-0.05, 0) is 36.2 Å². The standard InChI is InChI=1S/C23H24NO5P.ClH/c24-22(16-17-23(25)27-18-19-10-4-1-5-11-19)30(26,28-20-12-6-2-7-13-20)29-21-14-8-3-9-15-21;/h1-15,22H,16-18,24H2;1H. The number of halogens is 1. The molecule has 164 valence electrons. The molecule has 0 fully saturated rings. The van der Waals surface area contributed by atoms with E-state index in [1.54, 1.807) is 48.5 Å². The second-order valence-corrected chi connectivity index (χ2v) is 8.71. The van der Waals surface area contributed by atoms with Gasteiger partial charge in [-0.25, -0.2) is 4.57 Å². The van der Waals surface area contributed by atoms with Crippen molar-refractivity contribution in [1.82, 2.24) is 0 Å². The maximum Gasteiger partial charge on any atom is 0.447 e. The molecular weight excluding hydrogens is 437 g/mol. The summed E-state index contributed by atoms with van der Waals surface area (Å²) in [5, 5.41) is 0. The van der Waals surface area contributed by atoms with Crippen molar-refractivity contribution < 1.29 is 23.1 Å². The van der Waals surface area contributed by atoms with Gasteiger partial charge in [0.1, 0.15) is 23.9 Å². The fourth-order valence-electron chi connectivity index (χ4n) is 2.64. The molecule has 0 saturated heterocycles. The van der Waals surface area contributed by atoms with Crippen LogP contribution in [-0.2, 0) is 20.7 Å². The van der Waals surface area contributed by atoms with E-state index in [1.807, 2.05) is 42.5 Å². The van der Waals surface area contributed by atoms with E-state index < -0.39 is 19.3 Å². The van der Waals surface area contributed by atoms with Crippen molar-refractivity contribution in [1.29, 1.82) is 0 Å². The normalized spacial score (nSPS) is 11.6. The van der Waals surface area contributed by atoms with E-state index in [0.717, 1.165) is 5.56 Å². The maximum atomic E-state index is 13.5. The predicted octanol–water partition coefficient (Wildman–Crippen LogP) is 5.57. The van der Waals surface area contributed by atoms with E-state index in [2.05, 4.69) is 0 Å². The molecule has 0 aromatic heterocycles. The maximum absolute atomic E-state index is 13.5. The predicted molar refractivity (Wildman–Crippen MR) is 122 cm³/mol. The number of carbonyl (C=O) groups is 1. The molecule has 0 aliphatic carbocycles. The molecule has 0 radical (unpaired) electrons. The summed E-state index contributed by atoms with van der Waals surface area (Å²) >= 11 is 0. The smallest absolute Gasteiger partial charge is 0.447 e. The van der Waals surface area contributed by atoms with Crippen LogP contribution in [0.5, 0.6) is 11.5 Å². The van der Waals surface area contributed by atoms with Crippen LogP contribution in [-0.4, -0.2) is 11.8 Å². The summed E-state index contributed by atoms with van der Waals surface area (Å²) in [6, 6.07) is 26.7. The third kappa shape index (κ3) is 7.76. The summed E-state index contributed by atoms with van der Waals surface area (Å²) < 4.78 is 30.2. The van der Waals surface area contributed by atoms with Gasteiger partial charge in [0.15, 0.2) is 0 Å². The Morgan fingerprint density at radius 2 is 1.26 bits per heavy atom. The lowest BCUT2D eigenvalue weighted by Gasteiger charge is -2.25. The van der Waals surface area contributed by atoms with Crippen molar-refractivity contribution in [3.05, 3.63) is 96.6 Å². The van der Waals surface area contributed by atoms with Crippen molar-refractivity contribution in [2.75, 3.05) is 0 Å². The van der Waals surface area contributed by atoms with Gasteiger partial charge in [0.2, 0.25) is 0 Å². The number of benzene rings is 3. The van der Waals surface area contributed by atoms with Crippen LogP contribution in [0.1, 0.15) is 18.4 Å². The Hall–Kier alpha value is -2.79. The monoisotopic (exact) mass is 461 g/mol. The number of para-hydroxylation sites is 2. The van der Waals surface area contributed by atoms with Crippen molar-refractivity contribution in [2.45, 2.75) is 25.2 Å². The number of hydrogen-bond acceptors (Lipinski definition) is 6. The molecule has 8 heteroatoms. The number of hydrogen-bond donors (Lipinski definition) is 1. The number of ether oxygens (including phenoxy) is 1. The molecule has 3 rings (SSSR count). The van der Waals surface area contributed by atoms with Gasteiger partial charge in [-0.15, -0.1) is 12.4 Å². The highest BCUT2D eigenvalue weighted by Gasteiger charge is 2.37. The minimum atomic E-state index is -3.82. The molecule has 3 aromatic rings. The first-order valence-corrected chi connectivity index (χ1v) is 11.2. The van der Waals surface area contributed by atoms with Gasteiger partial charge in [-0.3, -0.25) is 4.79 Å². The first-order chi connectivity index (χ1) is 14.5. The zero-order valence-electron chi connectivity index (χ0n) is 16.8. The van der Waals surface area contributed by atoms with Crippen LogP contribution in [0.3, 0.4) is 0 Å². The highest BCUT2D eigenvalue weighted by atomic mass is 35.5. The van der Waals surface area contributed by atoms with E-state index in [0.29, 0.717) is 11.5 Å². The van der Waals surface area contributed by atoms with Crippen molar-refractivity contribution in [3.63, 3.8) is 0 Å². The van der Waals surface area contributed by atoms with Gasteiger partial charge in [0, 0.05) is 6.42 Å². The molecule has 0 spiro atoms. The lowest BCUT2D eigenvalue weighted by atomic mass is 10.2. The first-order valence-electron chi connectivity index (χ1n) is 9.59. The van der Waals surface area contributed by atoms with E-state index in [4.69, 9.17) is 19.5 Å². The molecule has 3 aromatic carbocycles. The SMILES string of the molecule is Cl.NC(CCC(=O)OCc1ccccc1)P(=O)(Oc1ccccc1)Oc1ccccc1. The molecule has 2 N–H and O–H groups in total. The third-order valence-electron chi connectivity index (χ3n) is 4.24. The summed E-state index contributed by atoms with van der Waals surface area (Å²) in [6.45, 7) is 0.174. The van der Waals surface area contributed by atoms with Gasteiger partial charge >= 0.3 is 13.6 Å². The molecule has 0 amide bonds. The lowest BCUT2D eigenvalue weighted by Crippen LogP contribution is -2.27. The van der Waals surface area contributed by atoms with E-state index in [1.165, 1.54) is 0 Å². The molecule has 0 saturated carbocycles. The van der Waals surface area contributed by atoms with Gasteiger partial charge in [0.25, 0.3) is 0 Å². The van der Waals surface area contributed by atoms with Crippen LogP contribution in [0.2, 0.25) is 0 Å². The highest BCUT2D eigenvalue weighted by Crippen LogP contribution is 2.52. The molecule has 6 nitrogen and oxygen atoms in total. The Balaban J connectivity index is 0.00000341. The van der Waals surface area contributed by atoms with Crippen LogP contribution in [0.15, 0.2) is 91.0 Å². The molecule has 0 heterocycles. The average molecular weight is 462 g/mol. The second-order valence-electron chi connectivity index (χ2n) is 6.60. The van der Waals surface area contributed by atoms with Gasteiger partial charge in [-0.2, -0.15) is 0 Å². The van der Waals surface area contributed by atoms with Crippen molar-refractivity contribution in [2.24, 2.45) is 5.73 Å². The Morgan fingerprint density at radius 3 is 1.74 bits per heavy atom. The largest absolute Gasteiger partial charge is 0.461 e. The lowest BCUT2D eigenvalue weighted by molar-refractivity contribution is -0.145. The molecule has 0 bridgehead atoms. The minimum Gasteiger partial charge on any atom is -0.461 e. The van der Waals surface area contributed by atoms with Crippen LogP contribution in [0, 0.1) is 0 Å². The Bertz CT molecular complexity index is 928. The molecule has 1 atom stereocenters. The summed E-state index contributed by atoms with van der Waals surface area (Å²) in [7, 11) is -3.82. The number of esters is 1. The van der Waals surface area contributed by atoms with Gasteiger partial charge in [0.05, 0.1) is 0 Å². The van der Waals surface area contributed by atoms with Crippen molar-refractivity contribution >= 4 is 26.0 Å². The summed E-state index contributed by atoms with van der Waals surface area (Å²) in [6.07, 6.45) is 0.0822. The topological polar surface area (TPSA) is 87.9 Å². The summed E-state index contributed by atoms with van der Waals surface area (Å²) in [5.74, 6) is -0.694. The molecule has 0 aliphatic rings. The minimum absolute atomic E-state index is 0. The van der Waals surface area contributed by atoms with E-state index >= 15 is 0 Å². The zero-order chi connectivity index (χ0) is 21.2. The van der Waals surface area contributed by atoms with Crippen LogP contribution < -0.4 is 14.8 Å². The first kappa shape index (κ1) is 24.5. The number of carbonyl (C=O) groups excluding carboxylic acids is 1. The van der Waals surface area contributed by atoms with Crippen LogP contribution in [0.25, 0.3) is 0 Å². The Morgan fingerprint density at radius 1 is 0.806 bits per heavy atom. The number of nitrogens with two attached hydrogens (primary N) is 1. The summed E-state index contributed by atoms with van der Waals surface area (Å²) in [4.78, 5) is 12.1. The molecule has 0 aliphatic heterocycles. The van der Waals surface area contributed by atoms with Crippen molar-refractivity contribution in [3.8, 4) is 11.5 Å². The summed E-state index contributed by atoms with van der Waals surface area (Å²) in [5.41, 5.74) is 7.07. The molecule has 31 heavy (non-hydrogen) atoms. The second kappa shape index (κ2) is 12.2. The van der Waals surface area contributed by atoms with Crippen LogP contribution in [0.4, 0.5) is 0 Å². The fraction of sp³-hybridized carbons (Fsp3) is 0.174. The van der Waals surface area contributed by atoms with E-state index in [-0.39, 0.29) is 31.9 Å². The molecule has 1 unspecified atom stereocenters. The average Bonchev–Trinajstić information content (AvgIpc) is 2.78. The fourth-order valence-corrected chi connectivity index (χ4v) is 4.23. The van der Waals surface area contributed by atoms with Gasteiger partial charge < -0.3 is 19.5 Å². The molecular formula is C23H25ClNO5P. The third-order valence-corrected chi connectivity index (χ3v) is 6.25. The highest BCUT2D eigenvalue weighted by molar-refractivity contribution is 7.55. The van der Waals surface area contributed by atoms with Gasteiger partial charge in [-0.1, -0.05) is 66.7 Å². The van der Waals surface area contributed by atoms with E-state index in [9.17, 15) is 9.36 Å². The zero-order valence-corrected chi connectivity index (χ0v) is 18.5. The van der Waals surface area contributed by atoms with Crippen LogP contribution >= 0.6 is 20.0 Å². The quantitative estimate of drug-likeness (QED) is 0.314. The Labute approximate surface area is 188 Å².